The van der Waals surface area contributed by atoms with E-state index < -0.39 is 0 Å². The summed E-state index contributed by atoms with van der Waals surface area (Å²) in [4.78, 5) is 0. The van der Waals surface area contributed by atoms with E-state index >= 15 is 0 Å². The Kier molecular flexibility index (Phi) is 1.24. The number of nitrogens with two attached hydrogens (primary N) is 1. The fourth-order valence-electron chi connectivity index (χ4n) is 0.605. The van der Waals surface area contributed by atoms with Crippen molar-refractivity contribution in [2.45, 2.75) is 6.92 Å². The molecular weight excluding hydrogens is 100 g/mol. The van der Waals surface area contributed by atoms with Crippen molar-refractivity contribution in [3.8, 4) is 0 Å². The molecule has 1 heterocycles. The van der Waals surface area contributed by atoms with E-state index in [9.17, 15) is 0 Å². The Bertz CT molecular complexity index is 145. The first-order valence-electron chi connectivity index (χ1n) is 2.66. The lowest BCUT2D eigenvalue weighted by Gasteiger charge is -2.08. The molecule has 1 aliphatic rings. The maximum absolute atomic E-state index is 5.53. The average molecular weight is 110 g/mol. The van der Waals surface area contributed by atoms with E-state index in [1.807, 2.05) is 19.2 Å². The van der Waals surface area contributed by atoms with E-state index in [-0.39, 0.29) is 0 Å². The molecule has 0 aliphatic carbocycles. The van der Waals surface area contributed by atoms with Crippen molar-refractivity contribution in [3.05, 3.63) is 23.5 Å². The Morgan fingerprint density at radius 3 is 2.88 bits per heavy atom. The Balaban J connectivity index is 2.76. The van der Waals surface area contributed by atoms with Crippen LogP contribution in [0.4, 0.5) is 0 Å². The molecule has 0 bridgehead atoms. The van der Waals surface area contributed by atoms with Crippen LogP contribution < -0.4 is 11.1 Å². The van der Waals surface area contributed by atoms with E-state index in [1.165, 1.54) is 5.57 Å². The molecule has 0 unspecified atom stereocenters. The van der Waals surface area contributed by atoms with Crippen LogP contribution in [0.15, 0.2) is 23.5 Å². The van der Waals surface area contributed by atoms with Crippen LogP contribution in [0.3, 0.4) is 0 Å². The van der Waals surface area contributed by atoms with E-state index in [0.717, 1.165) is 12.2 Å². The van der Waals surface area contributed by atoms with Crippen LogP contribution in [0.5, 0.6) is 0 Å². The standard InChI is InChI=1S/C6H10N2/c1-5-4-8-3-2-6(5)7/h2-3,8H,4,7H2,1H3. The third-order valence-corrected chi connectivity index (χ3v) is 1.24. The fraction of sp³-hybridized carbons (Fsp3) is 0.333. The summed E-state index contributed by atoms with van der Waals surface area (Å²) in [6.45, 7) is 2.91. The highest BCUT2D eigenvalue weighted by atomic mass is 14.8. The number of dihydropyridines is 1. The number of nitrogens with one attached hydrogen (secondary N) is 1. The third kappa shape index (κ3) is 0.832. The van der Waals surface area contributed by atoms with Crippen LogP contribution in [-0.2, 0) is 0 Å². The van der Waals surface area contributed by atoms with Crippen LogP contribution >= 0.6 is 0 Å². The maximum atomic E-state index is 5.53. The van der Waals surface area contributed by atoms with E-state index in [1.54, 1.807) is 0 Å². The molecule has 0 atom stereocenters. The van der Waals surface area contributed by atoms with Crippen LogP contribution in [0, 0.1) is 0 Å². The molecule has 1 rings (SSSR count). The van der Waals surface area contributed by atoms with Gasteiger partial charge in [0.1, 0.15) is 0 Å². The molecular formula is C6H10N2. The van der Waals surface area contributed by atoms with E-state index in [4.69, 9.17) is 5.73 Å². The molecule has 1 aliphatic heterocycles. The molecule has 2 nitrogen and oxygen atoms in total. The Hall–Kier alpha value is -0.920. The monoisotopic (exact) mass is 110 g/mol. The van der Waals surface area contributed by atoms with Gasteiger partial charge in [-0.2, -0.15) is 0 Å². The van der Waals surface area contributed by atoms with Crippen LogP contribution in [-0.4, -0.2) is 6.54 Å². The molecule has 8 heavy (non-hydrogen) atoms. The molecule has 0 fully saturated rings. The second-order valence-electron chi connectivity index (χ2n) is 1.95. The summed E-state index contributed by atoms with van der Waals surface area (Å²) in [5.41, 5.74) is 7.64. The summed E-state index contributed by atoms with van der Waals surface area (Å²) in [6.07, 6.45) is 3.74. The summed E-state index contributed by atoms with van der Waals surface area (Å²) in [5, 5.41) is 3.05. The average Bonchev–Trinajstić information content (AvgIpc) is 1.77. The maximum Gasteiger partial charge on any atom is 0.0375 e. The van der Waals surface area contributed by atoms with Gasteiger partial charge in [-0.15, -0.1) is 0 Å². The van der Waals surface area contributed by atoms with Crippen molar-refractivity contribution >= 4 is 0 Å². The molecule has 2 heteroatoms. The molecule has 0 spiro atoms. The quantitative estimate of drug-likeness (QED) is 0.471. The summed E-state index contributed by atoms with van der Waals surface area (Å²) in [7, 11) is 0. The minimum absolute atomic E-state index is 0.891. The number of hydrogen-bond donors (Lipinski definition) is 2. The molecule has 0 aromatic carbocycles. The zero-order chi connectivity index (χ0) is 5.98. The zero-order valence-electron chi connectivity index (χ0n) is 4.94. The highest BCUT2D eigenvalue weighted by Gasteiger charge is 1.95. The molecule has 44 valence electrons. The predicted molar refractivity (Wildman–Crippen MR) is 34.0 cm³/mol. The van der Waals surface area contributed by atoms with Gasteiger partial charge in [0.25, 0.3) is 0 Å². The van der Waals surface area contributed by atoms with Crippen LogP contribution in [0.25, 0.3) is 0 Å². The van der Waals surface area contributed by atoms with Crippen molar-refractivity contribution < 1.29 is 0 Å². The highest BCUT2D eigenvalue weighted by Crippen LogP contribution is 2.00. The minimum atomic E-state index is 0.891. The first-order valence-corrected chi connectivity index (χ1v) is 2.66. The molecule has 0 saturated carbocycles. The van der Waals surface area contributed by atoms with Crippen molar-refractivity contribution in [3.63, 3.8) is 0 Å². The van der Waals surface area contributed by atoms with Gasteiger partial charge in [0.2, 0.25) is 0 Å². The first-order chi connectivity index (χ1) is 3.80. The lowest BCUT2D eigenvalue weighted by Crippen LogP contribution is -2.16. The van der Waals surface area contributed by atoms with Gasteiger partial charge >= 0.3 is 0 Å². The van der Waals surface area contributed by atoms with E-state index in [0.29, 0.717) is 0 Å². The summed E-state index contributed by atoms with van der Waals surface area (Å²) >= 11 is 0. The van der Waals surface area contributed by atoms with Gasteiger partial charge in [0.15, 0.2) is 0 Å². The largest absolute Gasteiger partial charge is 0.399 e. The Morgan fingerprint density at radius 2 is 2.50 bits per heavy atom. The van der Waals surface area contributed by atoms with Gasteiger partial charge < -0.3 is 11.1 Å². The molecule has 0 aromatic heterocycles. The van der Waals surface area contributed by atoms with Gasteiger partial charge in [-0.3, -0.25) is 0 Å². The normalized spacial score (nSPS) is 18.6. The molecule has 0 radical (unpaired) electrons. The Labute approximate surface area is 49.1 Å². The lowest BCUT2D eigenvalue weighted by atomic mass is 10.2. The lowest BCUT2D eigenvalue weighted by molar-refractivity contribution is 0.898. The number of allylic oxidation sites excluding steroid dienone is 1. The molecule has 0 saturated heterocycles. The minimum Gasteiger partial charge on any atom is -0.399 e. The number of hydrogen-bond acceptors (Lipinski definition) is 2. The SMILES string of the molecule is CC1=C(N)C=CNC1. The third-order valence-electron chi connectivity index (χ3n) is 1.24. The summed E-state index contributed by atoms with van der Waals surface area (Å²) < 4.78 is 0. The topological polar surface area (TPSA) is 38.0 Å². The van der Waals surface area contributed by atoms with Gasteiger partial charge in [-0.25, -0.2) is 0 Å². The van der Waals surface area contributed by atoms with Crippen molar-refractivity contribution in [1.29, 1.82) is 0 Å². The van der Waals surface area contributed by atoms with E-state index in [2.05, 4.69) is 5.32 Å². The van der Waals surface area contributed by atoms with Gasteiger partial charge in [0.05, 0.1) is 0 Å². The highest BCUT2D eigenvalue weighted by molar-refractivity contribution is 5.25. The molecule has 3 N–H and O–H groups in total. The van der Waals surface area contributed by atoms with Crippen LogP contribution in [0.1, 0.15) is 6.92 Å². The molecule has 0 amide bonds. The van der Waals surface area contributed by atoms with Gasteiger partial charge in [-0.05, 0) is 24.8 Å². The number of rotatable bonds is 0. The smallest absolute Gasteiger partial charge is 0.0375 e. The van der Waals surface area contributed by atoms with Crippen molar-refractivity contribution in [2.24, 2.45) is 5.73 Å². The van der Waals surface area contributed by atoms with Crippen LogP contribution in [0.2, 0.25) is 0 Å². The summed E-state index contributed by atoms with van der Waals surface area (Å²) in [5.74, 6) is 0. The second-order valence-corrected chi connectivity index (χ2v) is 1.95. The van der Waals surface area contributed by atoms with Gasteiger partial charge in [-0.1, -0.05) is 0 Å². The van der Waals surface area contributed by atoms with Gasteiger partial charge in [0, 0.05) is 12.2 Å². The summed E-state index contributed by atoms with van der Waals surface area (Å²) in [6, 6.07) is 0. The van der Waals surface area contributed by atoms with Crippen molar-refractivity contribution in [1.82, 2.24) is 5.32 Å². The van der Waals surface area contributed by atoms with Crippen molar-refractivity contribution in [2.75, 3.05) is 6.54 Å². The second kappa shape index (κ2) is 1.90. The predicted octanol–water partition coefficient (Wildman–Crippen LogP) is 0.336. The Morgan fingerprint density at radius 1 is 1.75 bits per heavy atom. The molecule has 0 aromatic rings. The zero-order valence-corrected chi connectivity index (χ0v) is 4.94. The fourth-order valence-corrected chi connectivity index (χ4v) is 0.605. The first kappa shape index (κ1) is 5.22.